The Morgan fingerprint density at radius 1 is 1.23 bits per heavy atom. The van der Waals surface area contributed by atoms with E-state index in [9.17, 15) is 0 Å². The molecule has 1 aliphatic rings. The zero-order valence-electron chi connectivity index (χ0n) is 13.1. The van der Waals surface area contributed by atoms with Crippen LogP contribution >= 0.6 is 15.9 Å². The van der Waals surface area contributed by atoms with Crippen LogP contribution in [0.25, 0.3) is 0 Å². The first-order chi connectivity index (χ1) is 10.5. The van der Waals surface area contributed by atoms with Gasteiger partial charge in [0, 0.05) is 36.5 Å². The first kappa shape index (κ1) is 15.2. The summed E-state index contributed by atoms with van der Waals surface area (Å²) in [7, 11) is 2.07. The Bertz CT molecular complexity index is 675. The molecule has 0 saturated carbocycles. The van der Waals surface area contributed by atoms with Gasteiger partial charge < -0.3 is 9.80 Å². The second-order valence-electron chi connectivity index (χ2n) is 5.73. The van der Waals surface area contributed by atoms with E-state index < -0.39 is 0 Å². The molecule has 1 aliphatic heterocycles. The molecule has 0 amide bonds. The highest BCUT2D eigenvalue weighted by atomic mass is 79.9. The van der Waals surface area contributed by atoms with Crippen LogP contribution in [-0.2, 0) is 0 Å². The van der Waals surface area contributed by atoms with E-state index in [4.69, 9.17) is 0 Å². The molecule has 1 atom stereocenters. The molecule has 0 bridgehead atoms. The molecule has 0 N–H and O–H groups in total. The van der Waals surface area contributed by atoms with Crippen molar-refractivity contribution in [2.45, 2.75) is 26.3 Å². The highest BCUT2D eigenvalue weighted by molar-refractivity contribution is 9.10. The van der Waals surface area contributed by atoms with E-state index in [2.05, 4.69) is 59.9 Å². The van der Waals surface area contributed by atoms with Gasteiger partial charge in [0.1, 0.15) is 5.82 Å². The quantitative estimate of drug-likeness (QED) is 0.840. The highest BCUT2D eigenvalue weighted by Gasteiger charge is 2.28. The fourth-order valence-corrected chi connectivity index (χ4v) is 2.96. The summed E-state index contributed by atoms with van der Waals surface area (Å²) in [5, 5.41) is 0. The van der Waals surface area contributed by atoms with Gasteiger partial charge in [-0.2, -0.15) is 0 Å². The van der Waals surface area contributed by atoms with Crippen LogP contribution in [0.1, 0.15) is 17.8 Å². The van der Waals surface area contributed by atoms with Gasteiger partial charge in [0.05, 0.1) is 11.7 Å². The molecular weight excluding hydrogens is 342 g/mol. The third-order valence-corrected chi connectivity index (χ3v) is 4.98. The molecule has 5 nitrogen and oxygen atoms in total. The minimum absolute atomic E-state index is 0.410. The van der Waals surface area contributed by atoms with E-state index in [0.717, 1.165) is 47.1 Å². The van der Waals surface area contributed by atoms with Crippen LogP contribution < -0.4 is 9.80 Å². The van der Waals surface area contributed by atoms with E-state index >= 15 is 0 Å². The molecule has 0 aliphatic carbocycles. The smallest absolute Gasteiger partial charge is 0.225 e. The van der Waals surface area contributed by atoms with E-state index in [0.29, 0.717) is 6.04 Å². The van der Waals surface area contributed by atoms with Crippen molar-refractivity contribution in [1.82, 2.24) is 15.0 Å². The SMILES string of the molecule is Cc1ccnc(N(C)C2CCN(c3ccc(Br)c(C)n3)C2)n1. The van der Waals surface area contributed by atoms with Gasteiger partial charge in [-0.3, -0.25) is 0 Å². The molecule has 3 rings (SSSR count). The van der Waals surface area contributed by atoms with Crippen molar-refractivity contribution in [3.8, 4) is 0 Å². The molecule has 1 saturated heterocycles. The summed E-state index contributed by atoms with van der Waals surface area (Å²) in [5.41, 5.74) is 2.02. The first-order valence-electron chi connectivity index (χ1n) is 7.45. The van der Waals surface area contributed by atoms with Gasteiger partial charge in [-0.1, -0.05) is 0 Å². The van der Waals surface area contributed by atoms with E-state index in [1.807, 2.05) is 26.1 Å². The lowest BCUT2D eigenvalue weighted by Gasteiger charge is -2.25. The Morgan fingerprint density at radius 2 is 2.05 bits per heavy atom. The highest BCUT2D eigenvalue weighted by Crippen LogP contribution is 2.25. The molecule has 22 heavy (non-hydrogen) atoms. The lowest BCUT2D eigenvalue weighted by molar-refractivity contribution is 0.672. The van der Waals surface area contributed by atoms with Crippen molar-refractivity contribution in [3.05, 3.63) is 40.3 Å². The lowest BCUT2D eigenvalue weighted by Crippen LogP contribution is -2.35. The summed E-state index contributed by atoms with van der Waals surface area (Å²) in [4.78, 5) is 18.1. The average molecular weight is 362 g/mol. The molecule has 1 fully saturated rings. The summed E-state index contributed by atoms with van der Waals surface area (Å²) in [5.74, 6) is 1.84. The predicted molar refractivity (Wildman–Crippen MR) is 92.5 cm³/mol. The number of aryl methyl sites for hydroxylation is 2. The minimum atomic E-state index is 0.410. The number of likely N-dealkylation sites (N-methyl/N-ethyl adjacent to an activating group) is 1. The fourth-order valence-electron chi connectivity index (χ4n) is 2.74. The van der Waals surface area contributed by atoms with E-state index in [1.54, 1.807) is 0 Å². The topological polar surface area (TPSA) is 45.2 Å². The summed E-state index contributed by atoms with van der Waals surface area (Å²) in [6.07, 6.45) is 2.91. The molecular formula is C16H20BrN5. The van der Waals surface area contributed by atoms with Gasteiger partial charge in [-0.15, -0.1) is 0 Å². The molecule has 2 aromatic heterocycles. The number of pyridine rings is 1. The molecule has 0 radical (unpaired) electrons. The third-order valence-electron chi connectivity index (χ3n) is 4.14. The van der Waals surface area contributed by atoms with Gasteiger partial charge in [0.25, 0.3) is 0 Å². The number of halogens is 1. The third kappa shape index (κ3) is 3.06. The summed E-state index contributed by atoms with van der Waals surface area (Å²) in [6.45, 7) is 5.97. The maximum Gasteiger partial charge on any atom is 0.225 e. The zero-order valence-corrected chi connectivity index (χ0v) is 14.7. The Balaban J connectivity index is 1.73. The molecule has 6 heteroatoms. The van der Waals surface area contributed by atoms with Gasteiger partial charge in [-0.25, -0.2) is 15.0 Å². The maximum absolute atomic E-state index is 4.66. The summed E-state index contributed by atoms with van der Waals surface area (Å²) < 4.78 is 1.05. The van der Waals surface area contributed by atoms with Crippen molar-refractivity contribution in [3.63, 3.8) is 0 Å². The second-order valence-corrected chi connectivity index (χ2v) is 6.59. The average Bonchev–Trinajstić information content (AvgIpc) is 2.99. The van der Waals surface area contributed by atoms with Crippen LogP contribution in [0.2, 0.25) is 0 Å². The van der Waals surface area contributed by atoms with E-state index in [1.165, 1.54) is 0 Å². The number of anilines is 2. The Kier molecular flexibility index (Phi) is 4.29. The Labute approximate surface area is 139 Å². The predicted octanol–water partition coefficient (Wildman–Crippen LogP) is 2.97. The van der Waals surface area contributed by atoms with Gasteiger partial charge in [0.15, 0.2) is 0 Å². The Hall–Kier alpha value is -1.69. The van der Waals surface area contributed by atoms with Crippen molar-refractivity contribution in [2.75, 3.05) is 29.9 Å². The van der Waals surface area contributed by atoms with Gasteiger partial charge >= 0.3 is 0 Å². The van der Waals surface area contributed by atoms with Crippen molar-refractivity contribution >= 4 is 27.7 Å². The summed E-state index contributed by atoms with van der Waals surface area (Å²) >= 11 is 3.50. The van der Waals surface area contributed by atoms with Crippen LogP contribution in [0.3, 0.4) is 0 Å². The van der Waals surface area contributed by atoms with E-state index in [-0.39, 0.29) is 0 Å². The standard InChI is InChI=1S/C16H20BrN5/c1-11-6-8-18-16(19-11)21(3)13-7-9-22(10-13)15-5-4-14(17)12(2)20-15/h4-6,8,13H,7,9-10H2,1-3H3. The molecule has 0 aromatic carbocycles. The van der Waals surface area contributed by atoms with Crippen LogP contribution in [0.15, 0.2) is 28.9 Å². The monoisotopic (exact) mass is 361 g/mol. The molecule has 1 unspecified atom stereocenters. The first-order valence-corrected chi connectivity index (χ1v) is 8.24. The minimum Gasteiger partial charge on any atom is -0.354 e. The van der Waals surface area contributed by atoms with Gasteiger partial charge in [-0.05, 0) is 54.4 Å². The number of hydrogen-bond acceptors (Lipinski definition) is 5. The Morgan fingerprint density at radius 3 is 2.77 bits per heavy atom. The molecule has 0 spiro atoms. The lowest BCUT2D eigenvalue weighted by atomic mass is 10.2. The normalized spacial score (nSPS) is 17.8. The largest absolute Gasteiger partial charge is 0.354 e. The van der Waals surface area contributed by atoms with Crippen molar-refractivity contribution in [2.24, 2.45) is 0 Å². The molecule has 3 heterocycles. The van der Waals surface area contributed by atoms with Crippen LogP contribution in [0.4, 0.5) is 11.8 Å². The van der Waals surface area contributed by atoms with Gasteiger partial charge in [0.2, 0.25) is 5.95 Å². The van der Waals surface area contributed by atoms with Crippen LogP contribution in [0, 0.1) is 13.8 Å². The number of hydrogen-bond donors (Lipinski definition) is 0. The second kappa shape index (κ2) is 6.20. The number of rotatable bonds is 3. The molecule has 2 aromatic rings. The van der Waals surface area contributed by atoms with Crippen LogP contribution in [-0.4, -0.2) is 41.1 Å². The molecule has 116 valence electrons. The number of aromatic nitrogens is 3. The van der Waals surface area contributed by atoms with Crippen molar-refractivity contribution < 1.29 is 0 Å². The maximum atomic E-state index is 4.66. The number of nitrogens with zero attached hydrogens (tertiary/aromatic N) is 5. The van der Waals surface area contributed by atoms with Crippen molar-refractivity contribution in [1.29, 1.82) is 0 Å². The zero-order chi connectivity index (χ0) is 15.7. The van der Waals surface area contributed by atoms with Crippen LogP contribution in [0.5, 0.6) is 0 Å². The fraction of sp³-hybridized carbons (Fsp3) is 0.438. The summed E-state index contributed by atoms with van der Waals surface area (Å²) in [6, 6.07) is 6.47.